The molecule has 1 rings (SSSR count). The highest BCUT2D eigenvalue weighted by atomic mass is 14.2. The average molecular weight is 267 g/mol. The third-order valence-electron chi connectivity index (χ3n) is 5.33. The van der Waals surface area contributed by atoms with Crippen molar-refractivity contribution >= 4 is 0 Å². The molecule has 0 heteroatoms. The first-order chi connectivity index (χ1) is 9.11. The van der Waals surface area contributed by atoms with Gasteiger partial charge >= 0.3 is 0 Å². The molecule has 1 fully saturated rings. The van der Waals surface area contributed by atoms with Gasteiger partial charge in [-0.2, -0.15) is 0 Å². The summed E-state index contributed by atoms with van der Waals surface area (Å²) in [5.41, 5.74) is 0. The van der Waals surface area contributed by atoms with Gasteiger partial charge in [0, 0.05) is 0 Å². The summed E-state index contributed by atoms with van der Waals surface area (Å²) in [5.74, 6) is 3.99. The van der Waals surface area contributed by atoms with E-state index in [1.165, 1.54) is 70.6 Å². The zero-order valence-electron chi connectivity index (χ0n) is 14.1. The van der Waals surface area contributed by atoms with Crippen LogP contribution in [0.3, 0.4) is 0 Å². The second-order valence-corrected chi connectivity index (χ2v) is 7.66. The maximum atomic E-state index is 2.47. The van der Waals surface area contributed by atoms with Gasteiger partial charge in [0.15, 0.2) is 0 Å². The Hall–Kier alpha value is 0. The van der Waals surface area contributed by atoms with Gasteiger partial charge in [0.05, 0.1) is 0 Å². The molecule has 1 aliphatic carbocycles. The van der Waals surface area contributed by atoms with Crippen LogP contribution in [-0.2, 0) is 0 Å². The number of rotatable bonds is 9. The molecular weight excluding hydrogens is 228 g/mol. The Kier molecular flexibility index (Phi) is 8.83. The van der Waals surface area contributed by atoms with Gasteiger partial charge in [0.1, 0.15) is 0 Å². The molecule has 1 aliphatic rings. The van der Waals surface area contributed by atoms with E-state index >= 15 is 0 Å². The second kappa shape index (κ2) is 9.83. The third kappa shape index (κ3) is 8.00. The lowest BCUT2D eigenvalue weighted by molar-refractivity contribution is 0.250. The number of hydrogen-bond acceptors (Lipinski definition) is 0. The molecular formula is C19H38. The molecule has 0 nitrogen and oxygen atoms in total. The van der Waals surface area contributed by atoms with Crippen molar-refractivity contribution < 1.29 is 0 Å². The summed E-state index contributed by atoms with van der Waals surface area (Å²) < 4.78 is 0. The molecule has 19 heavy (non-hydrogen) atoms. The lowest BCUT2D eigenvalue weighted by Crippen LogP contribution is -2.14. The van der Waals surface area contributed by atoms with Gasteiger partial charge in [0.2, 0.25) is 0 Å². The monoisotopic (exact) mass is 266 g/mol. The molecule has 1 saturated carbocycles. The van der Waals surface area contributed by atoms with Crippen LogP contribution < -0.4 is 0 Å². The molecule has 0 bridgehead atoms. The Morgan fingerprint density at radius 1 is 0.789 bits per heavy atom. The topological polar surface area (TPSA) is 0 Å². The lowest BCUT2D eigenvalue weighted by atomic mass is 9.78. The predicted molar refractivity (Wildman–Crippen MR) is 87.4 cm³/mol. The van der Waals surface area contributed by atoms with Gasteiger partial charge in [-0.3, -0.25) is 0 Å². The van der Waals surface area contributed by atoms with Crippen LogP contribution in [0.15, 0.2) is 0 Å². The maximum Gasteiger partial charge on any atom is -0.0414 e. The Morgan fingerprint density at radius 3 is 1.95 bits per heavy atom. The van der Waals surface area contributed by atoms with Gasteiger partial charge in [-0.25, -0.2) is 0 Å². The molecule has 0 saturated heterocycles. The van der Waals surface area contributed by atoms with Crippen molar-refractivity contribution in [3.63, 3.8) is 0 Å². The molecule has 0 aromatic rings. The fraction of sp³-hybridized carbons (Fsp3) is 1.00. The van der Waals surface area contributed by atoms with Crippen molar-refractivity contribution in [2.24, 2.45) is 23.7 Å². The van der Waals surface area contributed by atoms with Crippen molar-refractivity contribution in [2.75, 3.05) is 0 Å². The fourth-order valence-corrected chi connectivity index (χ4v) is 3.70. The maximum absolute atomic E-state index is 2.47. The molecule has 0 aliphatic heterocycles. The molecule has 0 amide bonds. The van der Waals surface area contributed by atoms with E-state index in [0.29, 0.717) is 0 Å². The quantitative estimate of drug-likeness (QED) is 0.429. The van der Waals surface area contributed by atoms with Crippen molar-refractivity contribution in [3.8, 4) is 0 Å². The van der Waals surface area contributed by atoms with Crippen molar-refractivity contribution in [2.45, 2.75) is 98.3 Å². The van der Waals surface area contributed by atoms with Gasteiger partial charge < -0.3 is 0 Å². The van der Waals surface area contributed by atoms with E-state index in [2.05, 4.69) is 27.7 Å². The summed E-state index contributed by atoms with van der Waals surface area (Å²) in [7, 11) is 0. The highest BCUT2D eigenvalue weighted by Gasteiger charge is 2.19. The molecule has 0 radical (unpaired) electrons. The zero-order valence-corrected chi connectivity index (χ0v) is 14.1. The summed E-state index contributed by atoms with van der Waals surface area (Å²) in [6.07, 6.45) is 16.3. The van der Waals surface area contributed by atoms with Gasteiger partial charge in [-0.05, 0) is 23.7 Å². The van der Waals surface area contributed by atoms with Crippen LogP contribution in [0.1, 0.15) is 98.3 Å². The molecule has 0 heterocycles. The van der Waals surface area contributed by atoms with Crippen LogP contribution >= 0.6 is 0 Å². The highest BCUT2D eigenvalue weighted by molar-refractivity contribution is 4.72. The highest BCUT2D eigenvalue weighted by Crippen LogP contribution is 2.33. The van der Waals surface area contributed by atoms with Crippen molar-refractivity contribution in [3.05, 3.63) is 0 Å². The molecule has 114 valence electrons. The van der Waals surface area contributed by atoms with E-state index < -0.39 is 0 Å². The number of hydrogen-bond donors (Lipinski definition) is 0. The van der Waals surface area contributed by atoms with Crippen molar-refractivity contribution in [1.29, 1.82) is 0 Å². The van der Waals surface area contributed by atoms with Crippen LogP contribution in [0.2, 0.25) is 0 Å². The Balaban J connectivity index is 1.98. The second-order valence-electron chi connectivity index (χ2n) is 7.66. The first-order valence-corrected chi connectivity index (χ1v) is 9.11. The van der Waals surface area contributed by atoms with Crippen LogP contribution in [0, 0.1) is 23.7 Å². The van der Waals surface area contributed by atoms with Crippen LogP contribution in [0.4, 0.5) is 0 Å². The first kappa shape index (κ1) is 17.1. The Morgan fingerprint density at radius 2 is 1.37 bits per heavy atom. The Bertz CT molecular complexity index is 198. The van der Waals surface area contributed by atoms with Gasteiger partial charge in [-0.1, -0.05) is 98.3 Å². The molecule has 0 N–H and O–H groups in total. The van der Waals surface area contributed by atoms with E-state index in [0.717, 1.165) is 23.7 Å². The summed E-state index contributed by atoms with van der Waals surface area (Å²) in [4.78, 5) is 0. The largest absolute Gasteiger partial charge is 0.0651 e. The minimum absolute atomic E-state index is 0.890. The summed E-state index contributed by atoms with van der Waals surface area (Å²) in [5, 5.41) is 0. The van der Waals surface area contributed by atoms with Gasteiger partial charge in [-0.15, -0.1) is 0 Å². The SMILES string of the molecule is CCC1CCC(CCCC(C)CCCC(C)C)CC1. The predicted octanol–water partition coefficient (Wildman–Crippen LogP) is 6.84. The smallest absolute Gasteiger partial charge is 0.0414 e. The minimum Gasteiger partial charge on any atom is -0.0651 e. The van der Waals surface area contributed by atoms with E-state index in [1.807, 2.05) is 0 Å². The summed E-state index contributed by atoms with van der Waals surface area (Å²) in [6.45, 7) is 9.52. The zero-order chi connectivity index (χ0) is 14.1. The summed E-state index contributed by atoms with van der Waals surface area (Å²) in [6, 6.07) is 0. The van der Waals surface area contributed by atoms with Crippen LogP contribution in [0.5, 0.6) is 0 Å². The standard InChI is InChI=1S/C19H38/c1-5-18-12-14-19(15-13-18)11-7-10-17(4)9-6-8-16(2)3/h16-19H,5-15H2,1-4H3. The fourth-order valence-electron chi connectivity index (χ4n) is 3.70. The molecule has 1 atom stereocenters. The van der Waals surface area contributed by atoms with Crippen molar-refractivity contribution in [1.82, 2.24) is 0 Å². The van der Waals surface area contributed by atoms with E-state index in [-0.39, 0.29) is 0 Å². The molecule has 1 unspecified atom stereocenters. The third-order valence-corrected chi connectivity index (χ3v) is 5.33. The average Bonchev–Trinajstić information content (AvgIpc) is 2.39. The van der Waals surface area contributed by atoms with Gasteiger partial charge in [0.25, 0.3) is 0 Å². The van der Waals surface area contributed by atoms with Crippen LogP contribution in [-0.4, -0.2) is 0 Å². The molecule has 0 spiro atoms. The minimum atomic E-state index is 0.890. The van der Waals surface area contributed by atoms with E-state index in [1.54, 1.807) is 0 Å². The van der Waals surface area contributed by atoms with E-state index in [9.17, 15) is 0 Å². The van der Waals surface area contributed by atoms with Crippen LogP contribution in [0.25, 0.3) is 0 Å². The first-order valence-electron chi connectivity index (χ1n) is 9.11. The van der Waals surface area contributed by atoms with E-state index in [4.69, 9.17) is 0 Å². The molecule has 0 aromatic carbocycles. The summed E-state index contributed by atoms with van der Waals surface area (Å²) >= 11 is 0. The lowest BCUT2D eigenvalue weighted by Gasteiger charge is -2.28. The Labute approximate surface area is 122 Å². The normalized spacial score (nSPS) is 25.7. The molecule has 0 aromatic heterocycles.